The molecule has 3 aromatic heterocycles. The van der Waals surface area contributed by atoms with Gasteiger partial charge in [0.25, 0.3) is 0 Å². The average molecular weight is 770 g/mol. The van der Waals surface area contributed by atoms with Crippen molar-refractivity contribution in [3.8, 4) is 39.1 Å². The van der Waals surface area contributed by atoms with Gasteiger partial charge in [0, 0.05) is 43.5 Å². The van der Waals surface area contributed by atoms with E-state index in [1.807, 2.05) is 0 Å². The highest BCUT2D eigenvalue weighted by molar-refractivity contribution is 9.10. The normalized spacial score (nSPS) is 12.1. The standard InChI is InChI=1S/C50H33BrN4/c51-37-23-21-33(22-24-37)44-31-42-30-40-26-25-38(52-40)29-39-27-28-41(53-39)32-45-46(34-13-5-1-6-14-34)47(35-15-7-2-8-16-35)50(55(45)43-19-11-4-12-20-43)48(49(44)54-42)36-17-9-3-10-18-36/h1-32,52H. The summed E-state index contributed by atoms with van der Waals surface area (Å²) in [5.41, 5.74) is 17.3. The van der Waals surface area contributed by atoms with Gasteiger partial charge in [-0.1, -0.05) is 137 Å². The van der Waals surface area contributed by atoms with Crippen molar-refractivity contribution in [1.82, 2.24) is 19.5 Å². The smallest absolute Gasteiger partial charge is 0.0815 e. The van der Waals surface area contributed by atoms with Crippen LogP contribution in [0, 0.1) is 0 Å². The van der Waals surface area contributed by atoms with Crippen LogP contribution in [-0.4, -0.2) is 19.5 Å². The first-order valence-corrected chi connectivity index (χ1v) is 19.1. The summed E-state index contributed by atoms with van der Waals surface area (Å²) < 4.78 is 3.45. The van der Waals surface area contributed by atoms with E-state index in [1.54, 1.807) is 0 Å². The largest absolute Gasteiger partial charge is 0.355 e. The molecule has 4 nitrogen and oxygen atoms in total. The van der Waals surface area contributed by atoms with Crippen LogP contribution in [0.1, 0.15) is 28.3 Å². The number of H-pyrrole nitrogens is 1. The summed E-state index contributed by atoms with van der Waals surface area (Å²) in [5, 5.41) is 0. The number of nitrogens with zero attached hydrogens (tertiary/aromatic N) is 3. The second-order valence-electron chi connectivity index (χ2n) is 13.7. The van der Waals surface area contributed by atoms with Gasteiger partial charge >= 0.3 is 0 Å². The monoisotopic (exact) mass is 768 g/mol. The van der Waals surface area contributed by atoms with E-state index in [0.717, 1.165) is 99.5 Å². The Morgan fingerprint density at radius 1 is 0.455 bits per heavy atom. The van der Waals surface area contributed by atoms with Crippen molar-refractivity contribution < 1.29 is 0 Å². The maximum absolute atomic E-state index is 5.58. The highest BCUT2D eigenvalue weighted by atomic mass is 79.9. The van der Waals surface area contributed by atoms with E-state index >= 15 is 0 Å². The molecule has 2 aliphatic rings. The van der Waals surface area contributed by atoms with Gasteiger partial charge in [-0.3, -0.25) is 0 Å². The second kappa shape index (κ2) is 13.9. The van der Waals surface area contributed by atoms with Crippen molar-refractivity contribution in [2.45, 2.75) is 0 Å². The van der Waals surface area contributed by atoms with Crippen molar-refractivity contribution in [2.75, 3.05) is 0 Å². The van der Waals surface area contributed by atoms with Gasteiger partial charge in [0.2, 0.25) is 0 Å². The fourth-order valence-corrected chi connectivity index (χ4v) is 8.01. The Morgan fingerprint density at radius 2 is 0.982 bits per heavy atom. The molecule has 5 heterocycles. The molecule has 5 aromatic carbocycles. The number of hydrogen-bond donors (Lipinski definition) is 1. The number of rotatable bonds is 5. The van der Waals surface area contributed by atoms with Crippen LogP contribution in [0.4, 0.5) is 0 Å². The summed E-state index contributed by atoms with van der Waals surface area (Å²) in [6, 6.07) is 62.1. The van der Waals surface area contributed by atoms with E-state index in [1.165, 1.54) is 0 Å². The Balaban J connectivity index is 1.53. The quantitative estimate of drug-likeness (QED) is 0.189. The summed E-state index contributed by atoms with van der Waals surface area (Å²) in [4.78, 5) is 14.3. The summed E-state index contributed by atoms with van der Waals surface area (Å²) in [7, 11) is 0. The third kappa shape index (κ3) is 6.15. The minimum Gasteiger partial charge on any atom is -0.355 e. The Bertz CT molecular complexity index is 2940. The lowest BCUT2D eigenvalue weighted by molar-refractivity contribution is 1.17. The summed E-state index contributed by atoms with van der Waals surface area (Å²) in [5.74, 6) is 0. The zero-order valence-electron chi connectivity index (χ0n) is 29.7. The highest BCUT2D eigenvalue weighted by Gasteiger charge is 2.27. The first-order valence-electron chi connectivity index (χ1n) is 18.3. The molecule has 8 aromatic rings. The van der Waals surface area contributed by atoms with Gasteiger partial charge in [-0.2, -0.15) is 0 Å². The molecular formula is C50H33BrN4. The minimum absolute atomic E-state index is 0.865. The molecule has 0 aliphatic carbocycles. The molecule has 0 saturated carbocycles. The van der Waals surface area contributed by atoms with Crippen LogP contribution in [-0.2, 0) is 0 Å². The molecule has 10 rings (SSSR count). The maximum atomic E-state index is 5.58. The van der Waals surface area contributed by atoms with Gasteiger partial charge in [0.05, 0.1) is 33.8 Å². The first kappa shape index (κ1) is 32.8. The molecule has 0 spiro atoms. The summed E-state index contributed by atoms with van der Waals surface area (Å²) in [6.07, 6.45) is 6.41. The Labute approximate surface area is 327 Å². The molecule has 0 fully saturated rings. The van der Waals surface area contributed by atoms with E-state index in [-0.39, 0.29) is 0 Å². The van der Waals surface area contributed by atoms with Crippen LogP contribution in [0.15, 0.2) is 180 Å². The fraction of sp³-hybridized carbons (Fsp3) is 0. The number of aromatic nitrogens is 4. The molecule has 0 atom stereocenters. The van der Waals surface area contributed by atoms with E-state index in [2.05, 4.69) is 220 Å². The van der Waals surface area contributed by atoms with Gasteiger partial charge in [-0.05, 0) is 95.1 Å². The number of nitrogens with one attached hydrogen (secondary N) is 1. The second-order valence-corrected chi connectivity index (χ2v) is 14.6. The molecule has 260 valence electrons. The fourth-order valence-electron chi connectivity index (χ4n) is 7.75. The van der Waals surface area contributed by atoms with Crippen LogP contribution in [0.25, 0.3) is 84.9 Å². The van der Waals surface area contributed by atoms with E-state index < -0.39 is 0 Å². The summed E-state index contributed by atoms with van der Waals surface area (Å²) >= 11 is 3.68. The third-order valence-electron chi connectivity index (χ3n) is 10.1. The zero-order chi connectivity index (χ0) is 36.7. The van der Waals surface area contributed by atoms with Gasteiger partial charge in [0.1, 0.15) is 0 Å². The Kier molecular flexibility index (Phi) is 8.27. The zero-order valence-corrected chi connectivity index (χ0v) is 31.3. The summed E-state index contributed by atoms with van der Waals surface area (Å²) in [6.45, 7) is 0. The minimum atomic E-state index is 0.865. The van der Waals surface area contributed by atoms with Crippen LogP contribution >= 0.6 is 15.9 Å². The molecule has 55 heavy (non-hydrogen) atoms. The highest BCUT2D eigenvalue weighted by Crippen LogP contribution is 2.48. The van der Waals surface area contributed by atoms with E-state index in [0.29, 0.717) is 0 Å². The Morgan fingerprint density at radius 3 is 1.60 bits per heavy atom. The number of benzene rings is 5. The molecule has 0 saturated heterocycles. The van der Waals surface area contributed by atoms with Crippen LogP contribution in [0.2, 0.25) is 0 Å². The third-order valence-corrected chi connectivity index (χ3v) is 10.7. The van der Waals surface area contributed by atoms with Crippen molar-refractivity contribution in [3.63, 3.8) is 0 Å². The lowest BCUT2D eigenvalue weighted by Crippen LogP contribution is -1.98. The van der Waals surface area contributed by atoms with Gasteiger partial charge < -0.3 is 9.55 Å². The van der Waals surface area contributed by atoms with E-state index in [4.69, 9.17) is 9.97 Å². The van der Waals surface area contributed by atoms with Crippen molar-refractivity contribution in [3.05, 3.63) is 209 Å². The van der Waals surface area contributed by atoms with Gasteiger partial charge in [0.15, 0.2) is 0 Å². The van der Waals surface area contributed by atoms with Crippen LogP contribution < -0.4 is 0 Å². The van der Waals surface area contributed by atoms with E-state index in [9.17, 15) is 0 Å². The number of fused-ring (bicyclic) bond motifs is 8. The number of hydrogen-bond acceptors (Lipinski definition) is 2. The molecule has 0 radical (unpaired) electrons. The lowest BCUT2D eigenvalue weighted by atomic mass is 9.91. The van der Waals surface area contributed by atoms with Crippen molar-refractivity contribution in [2.24, 2.45) is 0 Å². The first-order chi connectivity index (χ1) is 27.2. The molecular weight excluding hydrogens is 736 g/mol. The molecule has 8 bridgehead atoms. The van der Waals surface area contributed by atoms with Crippen LogP contribution in [0.5, 0.6) is 0 Å². The Hall–Kier alpha value is -6.82. The molecule has 0 unspecified atom stereocenters. The molecule has 1 N–H and O–H groups in total. The van der Waals surface area contributed by atoms with Crippen molar-refractivity contribution in [1.29, 1.82) is 0 Å². The molecule has 2 aliphatic heterocycles. The topological polar surface area (TPSA) is 46.5 Å². The van der Waals surface area contributed by atoms with Gasteiger partial charge in [-0.15, -0.1) is 0 Å². The maximum Gasteiger partial charge on any atom is 0.0815 e. The van der Waals surface area contributed by atoms with Crippen LogP contribution in [0.3, 0.4) is 0 Å². The number of para-hydroxylation sites is 1. The average Bonchev–Trinajstić information content (AvgIpc) is 4.04. The predicted molar refractivity (Wildman–Crippen MR) is 232 cm³/mol. The SMILES string of the molecule is Brc1ccc(C2=Cc3cc4ccc(cc5nc(cc6c(-c7ccccc7)c(-c7ccccc7)c(c(-c7ccccc7)c2n3)n6-c2ccccc2)C=C5)[nH]4)cc1. The van der Waals surface area contributed by atoms with Crippen molar-refractivity contribution >= 4 is 61.8 Å². The number of halogens is 1. The molecule has 5 heteroatoms. The predicted octanol–water partition coefficient (Wildman–Crippen LogP) is 13.3. The molecule has 0 amide bonds. The lowest BCUT2D eigenvalue weighted by Gasteiger charge is -2.15. The number of aromatic amines is 1. The van der Waals surface area contributed by atoms with Gasteiger partial charge in [-0.25, -0.2) is 9.97 Å².